The van der Waals surface area contributed by atoms with Crippen LogP contribution in [0.4, 0.5) is 16.5 Å². The molecule has 3 rings (SSSR count). The molecule has 8 heteroatoms. The Hall–Kier alpha value is -3.26. The van der Waals surface area contributed by atoms with Crippen molar-refractivity contribution in [3.05, 3.63) is 69.6 Å². The average Bonchev–Trinajstić information content (AvgIpc) is 3.11. The van der Waals surface area contributed by atoms with Crippen LogP contribution in [0, 0.1) is 10.1 Å². The van der Waals surface area contributed by atoms with Crippen LogP contribution in [-0.2, 0) is 0 Å². The van der Waals surface area contributed by atoms with Crippen molar-refractivity contribution in [3.8, 4) is 11.3 Å². The van der Waals surface area contributed by atoms with E-state index in [-0.39, 0.29) is 11.3 Å². The highest BCUT2D eigenvalue weighted by Crippen LogP contribution is 2.27. The molecule has 132 valence electrons. The molecule has 0 unspecified atom stereocenters. The topological polar surface area (TPSA) is 97.2 Å². The molecule has 0 saturated heterocycles. The van der Waals surface area contributed by atoms with Crippen molar-refractivity contribution < 1.29 is 9.72 Å². The highest BCUT2D eigenvalue weighted by molar-refractivity contribution is 7.14. The van der Waals surface area contributed by atoms with Gasteiger partial charge in [-0.15, -0.1) is 11.3 Å². The molecule has 26 heavy (non-hydrogen) atoms. The van der Waals surface area contributed by atoms with Crippen molar-refractivity contribution >= 4 is 33.8 Å². The number of nitrogens with one attached hydrogen (secondary N) is 2. The number of carbonyl (C=O) groups excluding carboxylic acids is 1. The maximum atomic E-state index is 12.4. The normalized spacial score (nSPS) is 10.3. The first-order valence-electron chi connectivity index (χ1n) is 7.92. The Labute approximate surface area is 153 Å². The summed E-state index contributed by atoms with van der Waals surface area (Å²) in [6, 6.07) is 12.9. The zero-order chi connectivity index (χ0) is 18.5. The first-order chi connectivity index (χ1) is 12.6. The van der Waals surface area contributed by atoms with Gasteiger partial charge in [0, 0.05) is 40.9 Å². The molecule has 1 amide bonds. The quantitative estimate of drug-likeness (QED) is 0.496. The molecule has 7 nitrogen and oxygen atoms in total. The van der Waals surface area contributed by atoms with Crippen molar-refractivity contribution in [1.82, 2.24) is 4.98 Å². The first-order valence-corrected chi connectivity index (χ1v) is 8.80. The summed E-state index contributed by atoms with van der Waals surface area (Å²) in [5.41, 5.74) is 2.40. The van der Waals surface area contributed by atoms with Crippen LogP contribution in [0.15, 0.2) is 53.9 Å². The van der Waals surface area contributed by atoms with Crippen molar-refractivity contribution in [2.75, 3.05) is 17.2 Å². The summed E-state index contributed by atoms with van der Waals surface area (Å²) in [7, 11) is 0. The molecule has 0 atom stereocenters. The van der Waals surface area contributed by atoms with Gasteiger partial charge >= 0.3 is 0 Å². The molecular formula is C18H16N4O3S. The lowest BCUT2D eigenvalue weighted by Gasteiger charge is -2.07. The van der Waals surface area contributed by atoms with E-state index >= 15 is 0 Å². The van der Waals surface area contributed by atoms with Gasteiger partial charge in [-0.3, -0.25) is 14.9 Å². The van der Waals surface area contributed by atoms with Gasteiger partial charge in [-0.25, -0.2) is 4.98 Å². The highest BCUT2D eigenvalue weighted by atomic mass is 32.1. The number of non-ortho nitro benzene ring substituents is 1. The zero-order valence-corrected chi connectivity index (χ0v) is 14.7. The minimum atomic E-state index is -0.526. The SMILES string of the molecule is CCNc1nc(-c2cccc(NC(=O)c3cccc([N+](=O)[O-])c3)c2)cs1. The van der Waals surface area contributed by atoms with Crippen LogP contribution in [0.3, 0.4) is 0 Å². The third-order valence-electron chi connectivity index (χ3n) is 3.57. The Morgan fingerprint density at radius 2 is 2.04 bits per heavy atom. The van der Waals surface area contributed by atoms with Gasteiger partial charge in [0.25, 0.3) is 11.6 Å². The van der Waals surface area contributed by atoms with Crippen LogP contribution in [0.25, 0.3) is 11.3 Å². The fourth-order valence-corrected chi connectivity index (χ4v) is 3.15. The van der Waals surface area contributed by atoms with Crippen molar-refractivity contribution in [1.29, 1.82) is 0 Å². The Morgan fingerprint density at radius 3 is 2.81 bits per heavy atom. The van der Waals surface area contributed by atoms with Gasteiger partial charge in [-0.2, -0.15) is 0 Å². The van der Waals surface area contributed by atoms with Crippen molar-refractivity contribution in [2.24, 2.45) is 0 Å². The molecule has 0 aliphatic carbocycles. The third-order valence-corrected chi connectivity index (χ3v) is 4.37. The number of hydrogen-bond donors (Lipinski definition) is 2. The number of nitro groups is 1. The van der Waals surface area contributed by atoms with Crippen LogP contribution < -0.4 is 10.6 Å². The molecule has 1 aromatic heterocycles. The summed E-state index contributed by atoms with van der Waals surface area (Å²) in [6.07, 6.45) is 0. The number of carbonyl (C=O) groups is 1. The number of rotatable bonds is 6. The minimum Gasteiger partial charge on any atom is -0.362 e. The van der Waals surface area contributed by atoms with Crippen molar-refractivity contribution in [2.45, 2.75) is 6.92 Å². The molecular weight excluding hydrogens is 352 g/mol. The van der Waals surface area contributed by atoms with Gasteiger partial charge in [0.05, 0.1) is 10.6 Å². The highest BCUT2D eigenvalue weighted by Gasteiger charge is 2.12. The van der Waals surface area contributed by atoms with Crippen LogP contribution in [0.1, 0.15) is 17.3 Å². The summed E-state index contributed by atoms with van der Waals surface area (Å²) in [6.45, 7) is 2.80. The Bertz CT molecular complexity index is 955. The fourth-order valence-electron chi connectivity index (χ4n) is 2.36. The second-order valence-electron chi connectivity index (χ2n) is 5.41. The second-order valence-corrected chi connectivity index (χ2v) is 6.27. The Kier molecular flexibility index (Phi) is 5.23. The molecule has 0 saturated carbocycles. The predicted molar refractivity (Wildman–Crippen MR) is 103 cm³/mol. The van der Waals surface area contributed by atoms with E-state index < -0.39 is 10.8 Å². The van der Waals surface area contributed by atoms with Crippen LogP contribution >= 0.6 is 11.3 Å². The van der Waals surface area contributed by atoms with E-state index in [1.54, 1.807) is 6.07 Å². The molecule has 0 spiro atoms. The summed E-state index contributed by atoms with van der Waals surface area (Å²) in [5.74, 6) is -0.405. The fraction of sp³-hybridized carbons (Fsp3) is 0.111. The molecule has 3 aromatic rings. The number of benzene rings is 2. The van der Waals surface area contributed by atoms with E-state index in [2.05, 4.69) is 15.6 Å². The molecule has 1 heterocycles. The largest absolute Gasteiger partial charge is 0.362 e. The number of thiazole rings is 1. The molecule has 0 aliphatic rings. The summed E-state index contributed by atoms with van der Waals surface area (Å²) < 4.78 is 0. The van der Waals surface area contributed by atoms with Crippen molar-refractivity contribution in [3.63, 3.8) is 0 Å². The van der Waals surface area contributed by atoms with Crippen LogP contribution in [0.2, 0.25) is 0 Å². The monoisotopic (exact) mass is 368 g/mol. The molecule has 0 radical (unpaired) electrons. The number of aromatic nitrogens is 1. The van der Waals surface area contributed by atoms with Gasteiger partial charge < -0.3 is 10.6 Å². The number of nitrogens with zero attached hydrogens (tertiary/aromatic N) is 2. The molecule has 0 bridgehead atoms. The Morgan fingerprint density at radius 1 is 1.23 bits per heavy atom. The lowest BCUT2D eigenvalue weighted by Crippen LogP contribution is -2.12. The van der Waals surface area contributed by atoms with Gasteiger partial charge in [-0.1, -0.05) is 18.2 Å². The van der Waals surface area contributed by atoms with Gasteiger partial charge in [0.1, 0.15) is 0 Å². The van der Waals surface area contributed by atoms with Crippen LogP contribution in [-0.4, -0.2) is 22.4 Å². The smallest absolute Gasteiger partial charge is 0.270 e. The second kappa shape index (κ2) is 7.75. The number of nitro benzene ring substituents is 1. The zero-order valence-electron chi connectivity index (χ0n) is 13.9. The van der Waals surface area contributed by atoms with E-state index in [1.807, 2.05) is 30.5 Å². The van der Waals surface area contributed by atoms with Gasteiger partial charge in [0.2, 0.25) is 0 Å². The lowest BCUT2D eigenvalue weighted by molar-refractivity contribution is -0.384. The van der Waals surface area contributed by atoms with E-state index in [1.165, 1.54) is 35.6 Å². The maximum absolute atomic E-state index is 12.4. The van der Waals surface area contributed by atoms with Crippen LogP contribution in [0.5, 0.6) is 0 Å². The van der Waals surface area contributed by atoms with E-state index in [4.69, 9.17) is 0 Å². The molecule has 2 aromatic carbocycles. The van der Waals surface area contributed by atoms with E-state index in [0.29, 0.717) is 5.69 Å². The number of hydrogen-bond acceptors (Lipinski definition) is 6. The van der Waals surface area contributed by atoms with Gasteiger partial charge in [0.15, 0.2) is 5.13 Å². The molecule has 0 fully saturated rings. The van der Waals surface area contributed by atoms with E-state index in [0.717, 1.165) is 22.9 Å². The minimum absolute atomic E-state index is 0.121. The standard InChI is InChI=1S/C18H16N4O3S/c1-2-19-18-21-16(11-26-18)12-5-3-7-14(9-12)20-17(23)13-6-4-8-15(10-13)22(24)25/h3-11H,2H2,1H3,(H,19,21)(H,20,23). The lowest BCUT2D eigenvalue weighted by atomic mass is 10.1. The maximum Gasteiger partial charge on any atom is 0.270 e. The average molecular weight is 368 g/mol. The predicted octanol–water partition coefficient (Wildman–Crippen LogP) is 4.40. The molecule has 0 aliphatic heterocycles. The summed E-state index contributed by atoms with van der Waals surface area (Å²) in [4.78, 5) is 27.2. The summed E-state index contributed by atoms with van der Waals surface area (Å²) >= 11 is 1.52. The summed E-state index contributed by atoms with van der Waals surface area (Å²) in [5, 5.41) is 19.6. The molecule has 2 N–H and O–H groups in total. The van der Waals surface area contributed by atoms with Gasteiger partial charge in [-0.05, 0) is 25.1 Å². The number of anilines is 2. The number of amides is 1. The Balaban J connectivity index is 1.79. The third kappa shape index (κ3) is 4.04. The van der Waals surface area contributed by atoms with E-state index in [9.17, 15) is 14.9 Å². The first kappa shape index (κ1) is 17.6.